The molecule has 0 N–H and O–H groups in total. The molecule has 0 radical (unpaired) electrons. The van der Waals surface area contributed by atoms with Gasteiger partial charge in [0.05, 0.1) is 0 Å². The summed E-state index contributed by atoms with van der Waals surface area (Å²) in [4.78, 5) is 12.9. The first-order valence-corrected chi connectivity index (χ1v) is 8.01. The second-order valence-corrected chi connectivity index (χ2v) is 6.41. The highest BCUT2D eigenvalue weighted by Crippen LogP contribution is 2.51. The largest absolute Gasteiger partial charge is 0.299 e. The summed E-state index contributed by atoms with van der Waals surface area (Å²) < 4.78 is 0. The molecule has 106 valence electrons. The molecule has 21 heavy (non-hydrogen) atoms. The van der Waals surface area contributed by atoms with E-state index in [2.05, 4.69) is 48.5 Å². The van der Waals surface area contributed by atoms with E-state index in [4.69, 9.17) is 0 Å². The third-order valence-corrected chi connectivity index (χ3v) is 5.10. The molecule has 4 rings (SSSR count). The number of hydrogen-bond acceptors (Lipinski definition) is 1. The van der Waals surface area contributed by atoms with Crippen molar-refractivity contribution in [3.63, 3.8) is 0 Å². The van der Waals surface area contributed by atoms with Gasteiger partial charge < -0.3 is 0 Å². The number of ketones is 1. The number of fused-ring (bicyclic) bond motifs is 1. The fourth-order valence-electron chi connectivity index (χ4n) is 3.89. The molecule has 0 spiro atoms. The van der Waals surface area contributed by atoms with Crippen LogP contribution in [0.25, 0.3) is 0 Å². The zero-order chi connectivity index (χ0) is 14.2. The molecule has 0 amide bonds. The lowest BCUT2D eigenvalue weighted by Gasteiger charge is -2.24. The molecule has 1 fully saturated rings. The van der Waals surface area contributed by atoms with Crippen molar-refractivity contribution in [1.82, 2.24) is 0 Å². The normalized spacial score (nSPS) is 27.0. The van der Waals surface area contributed by atoms with Gasteiger partial charge in [0.2, 0.25) is 0 Å². The summed E-state index contributed by atoms with van der Waals surface area (Å²) >= 11 is 0. The van der Waals surface area contributed by atoms with Gasteiger partial charge in [0.15, 0.2) is 0 Å². The highest BCUT2D eigenvalue weighted by Gasteiger charge is 2.46. The second kappa shape index (κ2) is 5.14. The van der Waals surface area contributed by atoms with Crippen LogP contribution in [0.15, 0.2) is 54.6 Å². The zero-order valence-electron chi connectivity index (χ0n) is 12.2. The van der Waals surface area contributed by atoms with Crippen molar-refractivity contribution in [2.75, 3.05) is 0 Å². The number of carbonyl (C=O) groups is 1. The second-order valence-electron chi connectivity index (χ2n) is 6.41. The Balaban J connectivity index is 1.55. The van der Waals surface area contributed by atoms with E-state index in [1.54, 1.807) is 0 Å². The number of rotatable bonds is 3. The van der Waals surface area contributed by atoms with Gasteiger partial charge in [0, 0.05) is 11.8 Å². The predicted molar refractivity (Wildman–Crippen MR) is 84.4 cm³/mol. The van der Waals surface area contributed by atoms with E-state index < -0.39 is 0 Å². The summed E-state index contributed by atoms with van der Waals surface area (Å²) in [5, 5.41) is 0. The van der Waals surface area contributed by atoms with Crippen LogP contribution in [0, 0.1) is 5.92 Å². The zero-order valence-corrected chi connectivity index (χ0v) is 12.2. The third-order valence-electron chi connectivity index (χ3n) is 5.10. The molecule has 2 aromatic carbocycles. The van der Waals surface area contributed by atoms with E-state index in [0.29, 0.717) is 11.7 Å². The first-order valence-electron chi connectivity index (χ1n) is 8.01. The molecule has 0 aromatic heterocycles. The maximum atomic E-state index is 12.9. The summed E-state index contributed by atoms with van der Waals surface area (Å²) in [6, 6.07) is 19.0. The molecule has 0 saturated heterocycles. The molecule has 3 unspecified atom stereocenters. The Labute approximate surface area is 126 Å². The first kappa shape index (κ1) is 12.8. The minimum Gasteiger partial charge on any atom is -0.299 e. The van der Waals surface area contributed by atoms with Crippen LogP contribution in [-0.4, -0.2) is 5.78 Å². The van der Waals surface area contributed by atoms with Crippen molar-refractivity contribution >= 4 is 5.78 Å². The summed E-state index contributed by atoms with van der Waals surface area (Å²) in [6.45, 7) is 0. The first-order chi connectivity index (χ1) is 10.3. The molecule has 2 aromatic rings. The van der Waals surface area contributed by atoms with E-state index in [0.717, 1.165) is 25.7 Å². The molecule has 2 aliphatic carbocycles. The van der Waals surface area contributed by atoms with Crippen molar-refractivity contribution in [2.24, 2.45) is 5.92 Å². The minimum absolute atomic E-state index is 0.147. The Kier molecular flexibility index (Phi) is 3.14. The van der Waals surface area contributed by atoms with Gasteiger partial charge in [-0.05, 0) is 48.3 Å². The van der Waals surface area contributed by atoms with Gasteiger partial charge >= 0.3 is 0 Å². The predicted octanol–water partition coefficient (Wildman–Crippen LogP) is 4.48. The van der Waals surface area contributed by atoms with Crippen LogP contribution >= 0.6 is 0 Å². The summed E-state index contributed by atoms with van der Waals surface area (Å²) in [5.74, 6) is 1.35. The van der Waals surface area contributed by atoms with Crippen molar-refractivity contribution in [3.8, 4) is 0 Å². The van der Waals surface area contributed by atoms with Crippen molar-refractivity contribution in [3.05, 3.63) is 71.3 Å². The maximum absolute atomic E-state index is 12.9. The van der Waals surface area contributed by atoms with E-state index in [9.17, 15) is 4.79 Å². The van der Waals surface area contributed by atoms with E-state index >= 15 is 0 Å². The van der Waals surface area contributed by atoms with Crippen LogP contribution in [0.4, 0.5) is 0 Å². The monoisotopic (exact) mass is 276 g/mol. The fourth-order valence-corrected chi connectivity index (χ4v) is 3.89. The maximum Gasteiger partial charge on any atom is 0.144 e. The SMILES string of the molecule is O=C(C1CCCc2ccccc21)C1CC1c1ccccc1. The molecule has 0 aliphatic heterocycles. The average Bonchev–Trinajstić information content (AvgIpc) is 3.35. The van der Waals surface area contributed by atoms with Crippen molar-refractivity contribution < 1.29 is 4.79 Å². The lowest BCUT2D eigenvalue weighted by Crippen LogP contribution is -2.20. The number of hydrogen-bond donors (Lipinski definition) is 0. The van der Waals surface area contributed by atoms with Gasteiger partial charge in [-0.3, -0.25) is 4.79 Å². The lowest BCUT2D eigenvalue weighted by atomic mass is 9.79. The standard InChI is InChI=1S/C20H20O/c21-20(19-13-18(19)15-7-2-1-3-8-15)17-12-6-10-14-9-4-5-11-16(14)17/h1-5,7-9,11,17-19H,6,10,12-13H2. The smallest absolute Gasteiger partial charge is 0.144 e. The number of aryl methyl sites for hydroxylation is 1. The van der Waals surface area contributed by atoms with E-state index in [1.165, 1.54) is 16.7 Å². The molecular weight excluding hydrogens is 256 g/mol. The van der Waals surface area contributed by atoms with Crippen LogP contribution < -0.4 is 0 Å². The van der Waals surface area contributed by atoms with E-state index in [-0.39, 0.29) is 11.8 Å². The van der Waals surface area contributed by atoms with Gasteiger partial charge in [-0.1, -0.05) is 54.6 Å². The molecule has 1 nitrogen and oxygen atoms in total. The van der Waals surface area contributed by atoms with Gasteiger partial charge in [-0.2, -0.15) is 0 Å². The fraction of sp³-hybridized carbons (Fsp3) is 0.350. The average molecular weight is 276 g/mol. The molecule has 2 aliphatic rings. The van der Waals surface area contributed by atoms with Crippen LogP contribution in [0.2, 0.25) is 0 Å². The number of Topliss-reactive ketones (excluding diaryl/α,β-unsaturated/α-hetero) is 1. The molecular formula is C20H20O. The molecule has 0 bridgehead atoms. The number of carbonyl (C=O) groups excluding carboxylic acids is 1. The van der Waals surface area contributed by atoms with Gasteiger partial charge in [-0.25, -0.2) is 0 Å². The highest BCUT2D eigenvalue weighted by molar-refractivity contribution is 5.91. The summed E-state index contributed by atoms with van der Waals surface area (Å²) in [6.07, 6.45) is 4.36. The van der Waals surface area contributed by atoms with Crippen molar-refractivity contribution in [1.29, 1.82) is 0 Å². The minimum atomic E-state index is 0.147. The molecule has 1 saturated carbocycles. The Morgan fingerprint density at radius 1 is 0.952 bits per heavy atom. The summed E-state index contributed by atoms with van der Waals surface area (Å²) in [5.41, 5.74) is 4.02. The van der Waals surface area contributed by atoms with Crippen LogP contribution in [0.3, 0.4) is 0 Å². The Morgan fingerprint density at radius 3 is 2.57 bits per heavy atom. The lowest BCUT2D eigenvalue weighted by molar-refractivity contribution is -0.122. The van der Waals surface area contributed by atoms with Gasteiger partial charge in [-0.15, -0.1) is 0 Å². The van der Waals surface area contributed by atoms with Crippen LogP contribution in [0.1, 0.15) is 47.8 Å². The van der Waals surface area contributed by atoms with Crippen LogP contribution in [-0.2, 0) is 11.2 Å². The molecule has 0 heterocycles. The third kappa shape index (κ3) is 2.31. The molecule has 1 heteroatoms. The quantitative estimate of drug-likeness (QED) is 0.808. The Bertz CT molecular complexity index is 659. The molecule has 3 atom stereocenters. The van der Waals surface area contributed by atoms with Gasteiger partial charge in [0.1, 0.15) is 5.78 Å². The van der Waals surface area contributed by atoms with E-state index in [1.807, 2.05) is 6.07 Å². The highest BCUT2D eigenvalue weighted by atomic mass is 16.1. The van der Waals surface area contributed by atoms with Gasteiger partial charge in [0.25, 0.3) is 0 Å². The number of benzene rings is 2. The van der Waals surface area contributed by atoms with Crippen LogP contribution in [0.5, 0.6) is 0 Å². The Morgan fingerprint density at radius 2 is 1.71 bits per heavy atom. The summed E-state index contributed by atoms with van der Waals surface area (Å²) in [7, 11) is 0. The topological polar surface area (TPSA) is 17.1 Å². The Hall–Kier alpha value is -1.89. The van der Waals surface area contributed by atoms with Crippen molar-refractivity contribution in [2.45, 2.75) is 37.5 Å².